The van der Waals surface area contributed by atoms with Crippen molar-refractivity contribution < 1.29 is 26.2 Å². The van der Waals surface area contributed by atoms with Crippen molar-refractivity contribution in [2.24, 2.45) is 0 Å². The van der Waals surface area contributed by atoms with Gasteiger partial charge >= 0.3 is 26.2 Å². The van der Waals surface area contributed by atoms with Gasteiger partial charge < -0.3 is 0 Å². The maximum Gasteiger partial charge on any atom is 2.00 e. The average molecular weight is 334 g/mol. The van der Waals surface area contributed by atoms with Crippen LogP contribution in [0.5, 0.6) is 0 Å². The molecule has 0 atom stereocenters. The molecule has 0 aliphatic heterocycles. The van der Waals surface area contributed by atoms with E-state index in [4.69, 9.17) is 0 Å². The first kappa shape index (κ1) is 14.9. The quantitative estimate of drug-likeness (QED) is 0.414. The third-order valence-corrected chi connectivity index (χ3v) is 3.22. The van der Waals surface area contributed by atoms with E-state index in [1.165, 1.54) is 22.3 Å². The maximum absolute atomic E-state index is 3.30. The molecule has 0 N–H and O–H groups in total. The Labute approximate surface area is 139 Å². The maximum atomic E-state index is 3.30. The molecular weight excluding hydrogens is 319 g/mol. The van der Waals surface area contributed by atoms with Crippen molar-refractivity contribution in [1.29, 1.82) is 0 Å². The molecule has 1 aliphatic rings. The van der Waals surface area contributed by atoms with Crippen LogP contribution in [-0.4, -0.2) is 0 Å². The van der Waals surface area contributed by atoms with Crippen LogP contribution in [-0.2, 0) is 32.6 Å². The Kier molecular flexibility index (Phi) is 5.50. The van der Waals surface area contributed by atoms with Crippen molar-refractivity contribution in [3.8, 4) is 11.1 Å². The third kappa shape index (κ3) is 3.35. The van der Waals surface area contributed by atoms with Crippen molar-refractivity contribution >= 4 is 0 Å². The molecule has 0 spiro atoms. The van der Waals surface area contributed by atoms with Gasteiger partial charge in [-0.1, -0.05) is 35.4 Å². The van der Waals surface area contributed by atoms with Crippen LogP contribution in [0.3, 0.4) is 0 Å². The van der Waals surface area contributed by atoms with Gasteiger partial charge in [-0.3, -0.25) is 0 Å². The number of fused-ring (bicyclic) bond motifs is 3. The minimum atomic E-state index is 0. The van der Waals surface area contributed by atoms with Crippen LogP contribution in [0, 0.1) is 12.1 Å². The Bertz CT molecular complexity index is 589. The fourth-order valence-corrected chi connectivity index (χ4v) is 2.34. The van der Waals surface area contributed by atoms with E-state index in [-0.39, 0.29) is 26.2 Å². The molecular formula is C19H14Zr. The smallest absolute Gasteiger partial charge is 0.184 e. The summed E-state index contributed by atoms with van der Waals surface area (Å²) in [6.45, 7) is 0. The van der Waals surface area contributed by atoms with Gasteiger partial charge in [0.15, 0.2) is 0 Å². The number of rotatable bonds is 0. The molecule has 1 aliphatic carbocycles. The summed E-state index contributed by atoms with van der Waals surface area (Å²) in [6, 6.07) is 30.6. The summed E-state index contributed by atoms with van der Waals surface area (Å²) >= 11 is 0. The molecule has 0 nitrogen and oxygen atoms in total. The predicted molar refractivity (Wildman–Crippen MR) is 78.8 cm³/mol. The topological polar surface area (TPSA) is 0 Å². The first-order valence-electron chi connectivity index (χ1n) is 6.44. The molecule has 0 heterocycles. The first-order valence-corrected chi connectivity index (χ1v) is 6.44. The molecule has 3 aromatic rings. The molecule has 3 aromatic carbocycles. The van der Waals surface area contributed by atoms with Gasteiger partial charge in [-0.15, -0.1) is 5.56 Å². The zero-order chi connectivity index (χ0) is 12.9. The van der Waals surface area contributed by atoms with Gasteiger partial charge in [-0.2, -0.15) is 66.2 Å². The van der Waals surface area contributed by atoms with Crippen molar-refractivity contribution in [3.63, 3.8) is 0 Å². The van der Waals surface area contributed by atoms with Crippen LogP contribution >= 0.6 is 0 Å². The molecule has 1 heteroatoms. The van der Waals surface area contributed by atoms with E-state index in [2.05, 4.69) is 48.5 Å². The minimum absolute atomic E-state index is 0. The second kappa shape index (κ2) is 7.36. The summed E-state index contributed by atoms with van der Waals surface area (Å²) in [5, 5.41) is 0. The first-order chi connectivity index (χ1) is 9.45. The third-order valence-electron chi connectivity index (χ3n) is 3.22. The summed E-state index contributed by atoms with van der Waals surface area (Å²) in [7, 11) is 0. The number of benzene rings is 3. The molecule has 94 valence electrons. The molecule has 0 bridgehead atoms. The second-order valence-corrected chi connectivity index (χ2v) is 4.47. The Hall–Kier alpha value is -1.46. The van der Waals surface area contributed by atoms with E-state index in [0.717, 1.165) is 6.42 Å². The Morgan fingerprint density at radius 2 is 1.45 bits per heavy atom. The van der Waals surface area contributed by atoms with Crippen LogP contribution in [0.2, 0.25) is 0 Å². The van der Waals surface area contributed by atoms with Crippen molar-refractivity contribution in [1.82, 2.24) is 0 Å². The van der Waals surface area contributed by atoms with Gasteiger partial charge in [-0.05, 0) is 6.42 Å². The van der Waals surface area contributed by atoms with Crippen molar-refractivity contribution in [2.75, 3.05) is 0 Å². The zero-order valence-electron chi connectivity index (χ0n) is 11.1. The van der Waals surface area contributed by atoms with E-state index in [0.29, 0.717) is 0 Å². The van der Waals surface area contributed by atoms with Gasteiger partial charge in [-0.25, -0.2) is 0 Å². The number of hydrogen-bond donors (Lipinski definition) is 0. The molecule has 20 heavy (non-hydrogen) atoms. The van der Waals surface area contributed by atoms with E-state index in [1.54, 1.807) is 0 Å². The minimum Gasteiger partial charge on any atom is -0.184 e. The van der Waals surface area contributed by atoms with E-state index in [9.17, 15) is 0 Å². The molecule has 4 rings (SSSR count). The molecule has 0 fully saturated rings. The average Bonchev–Trinajstić information content (AvgIpc) is 2.88. The molecule has 0 radical (unpaired) electrons. The van der Waals surface area contributed by atoms with Gasteiger partial charge in [0, 0.05) is 0 Å². The summed E-state index contributed by atoms with van der Waals surface area (Å²) in [4.78, 5) is 0. The van der Waals surface area contributed by atoms with E-state index < -0.39 is 0 Å². The normalized spacial score (nSPS) is 10.4. The Balaban J connectivity index is 0.000000180. The number of hydrogen-bond acceptors (Lipinski definition) is 0. The zero-order valence-corrected chi connectivity index (χ0v) is 13.6. The van der Waals surface area contributed by atoms with Crippen LogP contribution in [0.4, 0.5) is 0 Å². The predicted octanol–water partition coefficient (Wildman–Crippen LogP) is 4.54. The molecule has 0 aromatic heterocycles. The molecule has 0 amide bonds. The molecule has 0 unspecified atom stereocenters. The fourth-order valence-electron chi connectivity index (χ4n) is 2.34. The molecule has 0 saturated heterocycles. The fraction of sp³-hybridized carbons (Fsp3) is 0.0526. The van der Waals surface area contributed by atoms with Crippen LogP contribution in [0.25, 0.3) is 11.1 Å². The standard InChI is InChI=1S/C13H9.C6H5.Zr/c1-3-7-12-10(5-1)9-11-6-2-4-8-13(11)12;1-2-4-6-5-3-1;/h1-5,7-8H,9H2;1-5H;/q2*-1;+2. The van der Waals surface area contributed by atoms with Gasteiger partial charge in [0.05, 0.1) is 0 Å². The van der Waals surface area contributed by atoms with E-state index in [1.807, 2.05) is 36.4 Å². The SMILES string of the molecule is [Zr+2].[c-]1cccc2c1Cc1ccccc1-2.[c-]1ccccc1. The monoisotopic (exact) mass is 332 g/mol. The Morgan fingerprint density at radius 3 is 2.15 bits per heavy atom. The van der Waals surface area contributed by atoms with Gasteiger partial charge in [0.25, 0.3) is 0 Å². The second-order valence-electron chi connectivity index (χ2n) is 4.47. The molecule has 0 saturated carbocycles. The summed E-state index contributed by atoms with van der Waals surface area (Å²) in [5.41, 5.74) is 5.51. The summed E-state index contributed by atoms with van der Waals surface area (Å²) in [5.74, 6) is 0. The summed E-state index contributed by atoms with van der Waals surface area (Å²) in [6.07, 6.45) is 1.05. The summed E-state index contributed by atoms with van der Waals surface area (Å²) < 4.78 is 0. The Morgan fingerprint density at radius 1 is 0.700 bits per heavy atom. The van der Waals surface area contributed by atoms with Crippen LogP contribution < -0.4 is 0 Å². The van der Waals surface area contributed by atoms with Gasteiger partial charge in [0.1, 0.15) is 0 Å². The largest absolute Gasteiger partial charge is 2.00 e. The van der Waals surface area contributed by atoms with Crippen LogP contribution in [0.15, 0.2) is 72.8 Å². The van der Waals surface area contributed by atoms with Crippen LogP contribution in [0.1, 0.15) is 11.1 Å². The van der Waals surface area contributed by atoms with Gasteiger partial charge in [0.2, 0.25) is 0 Å². The van der Waals surface area contributed by atoms with E-state index >= 15 is 0 Å². The van der Waals surface area contributed by atoms with Crippen molar-refractivity contribution in [3.05, 3.63) is 96.1 Å². The van der Waals surface area contributed by atoms with Crippen molar-refractivity contribution in [2.45, 2.75) is 6.42 Å².